The minimum atomic E-state index is -0.489. The van der Waals surface area contributed by atoms with Gasteiger partial charge in [0.2, 0.25) is 6.35 Å². The lowest BCUT2D eigenvalue weighted by atomic mass is 9.75. The van der Waals surface area contributed by atoms with Gasteiger partial charge in [0.05, 0.1) is 12.2 Å². The van der Waals surface area contributed by atoms with E-state index >= 15 is 0 Å². The molecule has 0 saturated carbocycles. The van der Waals surface area contributed by atoms with Gasteiger partial charge in [-0.1, -0.05) is 69.5 Å². The van der Waals surface area contributed by atoms with Gasteiger partial charge in [-0.3, -0.25) is 0 Å². The number of hydrogen-bond donors (Lipinski definition) is 3. The number of ether oxygens (including phenoxy) is 2. The Labute approximate surface area is 232 Å². The topological polar surface area (TPSA) is 75.1 Å². The Morgan fingerprint density at radius 3 is 2.77 bits per heavy atom. The summed E-state index contributed by atoms with van der Waals surface area (Å²) in [5, 5.41) is 17.7. The van der Waals surface area contributed by atoms with E-state index in [1.54, 1.807) is 6.07 Å². The molecule has 3 N–H and O–H groups in total. The third-order valence-electron chi connectivity index (χ3n) is 8.83. The highest BCUT2D eigenvalue weighted by atomic mass is 16.5. The van der Waals surface area contributed by atoms with E-state index in [2.05, 4.69) is 54.8 Å². The number of aryl methyl sites for hydroxylation is 1. The second kappa shape index (κ2) is 11.6. The zero-order valence-corrected chi connectivity index (χ0v) is 23.2. The number of aromatic hydroxyl groups is 1. The number of rotatable bonds is 9. The minimum absolute atomic E-state index is 0.162. The number of para-hydroxylation sites is 1. The number of aliphatic imine (C=N–C) groups is 1. The molecule has 0 aromatic heterocycles. The van der Waals surface area contributed by atoms with Gasteiger partial charge < -0.3 is 19.9 Å². The Kier molecular flexibility index (Phi) is 7.76. The predicted molar refractivity (Wildman–Crippen MR) is 154 cm³/mol. The predicted octanol–water partition coefficient (Wildman–Crippen LogP) is 6.28. The van der Waals surface area contributed by atoms with Crippen LogP contribution in [0.15, 0.2) is 76.5 Å². The zero-order valence-electron chi connectivity index (χ0n) is 23.2. The molecule has 0 saturated heterocycles. The number of amidine groups is 1. The number of nitrogens with one attached hydrogen (secondary N) is 2. The maximum Gasteiger partial charge on any atom is 0.208 e. The van der Waals surface area contributed by atoms with Gasteiger partial charge in [-0.2, -0.15) is 0 Å². The smallest absolute Gasteiger partial charge is 0.208 e. The highest BCUT2D eigenvalue weighted by Crippen LogP contribution is 2.49. The number of phenols is 1. The summed E-state index contributed by atoms with van der Waals surface area (Å²) in [7, 11) is 0. The monoisotopic (exact) mass is 527 g/mol. The van der Waals surface area contributed by atoms with Crippen molar-refractivity contribution in [1.29, 1.82) is 0 Å². The van der Waals surface area contributed by atoms with E-state index in [1.165, 1.54) is 41.5 Å². The van der Waals surface area contributed by atoms with Gasteiger partial charge in [-0.15, -0.1) is 0 Å². The molecule has 2 aliphatic heterocycles. The number of nitrogens with zero attached hydrogens (tertiary/aromatic N) is 1. The highest BCUT2D eigenvalue weighted by molar-refractivity contribution is 6.01. The van der Waals surface area contributed by atoms with Crippen LogP contribution in [-0.2, 0) is 15.9 Å². The van der Waals surface area contributed by atoms with Gasteiger partial charge in [-0.05, 0) is 78.5 Å². The second-order valence-electron chi connectivity index (χ2n) is 11.3. The lowest BCUT2D eigenvalue weighted by Gasteiger charge is -2.34. The molecule has 0 fully saturated rings. The molecule has 6 rings (SSSR count). The molecule has 5 atom stereocenters. The molecule has 206 valence electrons. The van der Waals surface area contributed by atoms with Crippen LogP contribution in [0.5, 0.6) is 5.75 Å². The van der Waals surface area contributed by atoms with Gasteiger partial charge in [0.1, 0.15) is 29.6 Å². The van der Waals surface area contributed by atoms with Crippen LogP contribution in [0.1, 0.15) is 81.4 Å². The number of phenolic OH excluding ortho intramolecular Hbond substituents is 1. The normalized spacial score (nSPS) is 26.4. The van der Waals surface area contributed by atoms with Crippen molar-refractivity contribution in [2.75, 3.05) is 6.61 Å². The van der Waals surface area contributed by atoms with Crippen molar-refractivity contribution in [1.82, 2.24) is 10.6 Å². The molecule has 0 amide bonds. The van der Waals surface area contributed by atoms with Crippen molar-refractivity contribution in [3.63, 3.8) is 0 Å². The lowest BCUT2D eigenvalue weighted by molar-refractivity contribution is 0.00136. The molecule has 5 unspecified atom stereocenters. The fraction of sp³-hybridized carbons (Fsp3) is 0.485. The van der Waals surface area contributed by atoms with E-state index in [0.717, 1.165) is 37.9 Å². The number of benzene rings is 2. The summed E-state index contributed by atoms with van der Waals surface area (Å²) in [6, 6.07) is 16.2. The van der Waals surface area contributed by atoms with Crippen LogP contribution in [0.25, 0.3) is 0 Å². The molecule has 39 heavy (non-hydrogen) atoms. The molecule has 4 aliphatic rings. The fourth-order valence-electron chi connectivity index (χ4n) is 6.56. The van der Waals surface area contributed by atoms with Crippen LogP contribution < -0.4 is 10.6 Å². The van der Waals surface area contributed by atoms with Gasteiger partial charge in [0.15, 0.2) is 0 Å². The average Bonchev–Trinajstić information content (AvgIpc) is 3.36. The molecule has 2 heterocycles. The van der Waals surface area contributed by atoms with Crippen molar-refractivity contribution in [2.24, 2.45) is 10.9 Å². The molecular formula is C33H41N3O3. The molecule has 2 aromatic carbocycles. The third kappa shape index (κ3) is 5.37. The summed E-state index contributed by atoms with van der Waals surface area (Å²) in [6.45, 7) is 5.13. The quantitative estimate of drug-likeness (QED) is 0.358. The first-order valence-corrected chi connectivity index (χ1v) is 14.8. The van der Waals surface area contributed by atoms with E-state index in [4.69, 9.17) is 14.5 Å². The van der Waals surface area contributed by atoms with E-state index in [1.807, 2.05) is 18.2 Å². The summed E-state index contributed by atoms with van der Waals surface area (Å²) in [4.78, 5) is 4.84. The van der Waals surface area contributed by atoms with Crippen LogP contribution in [0, 0.1) is 5.92 Å². The van der Waals surface area contributed by atoms with E-state index in [9.17, 15) is 5.11 Å². The summed E-state index contributed by atoms with van der Waals surface area (Å²) >= 11 is 0. The standard InChI is InChI=1S/C33H41N3O3/c1-3-5-10-21(4-2)20-38-33-35-31(34-32(36-33)25-13-8-9-14-27(25)37)23-15-17-26-29(19-23)39-28-18-16-22-11-6-7-12-24(22)30(26)28/h6-9,11-14,19,21,28,30-31,33,35,37H,3-5,10,15-18,20H2,1-2H3,(H,34,36). The number of unbranched alkanes of at least 4 members (excludes halogenated alkanes) is 1. The second-order valence-corrected chi connectivity index (χ2v) is 11.3. The van der Waals surface area contributed by atoms with Crippen LogP contribution in [0.4, 0.5) is 0 Å². The number of hydrogen-bond acceptors (Lipinski definition) is 6. The number of fused-ring (bicyclic) bond motifs is 4. The Morgan fingerprint density at radius 1 is 1.08 bits per heavy atom. The maximum absolute atomic E-state index is 10.6. The molecule has 2 aliphatic carbocycles. The first-order chi connectivity index (χ1) is 19.1. The van der Waals surface area contributed by atoms with E-state index < -0.39 is 6.35 Å². The Hall–Kier alpha value is -3.09. The molecule has 0 bridgehead atoms. The van der Waals surface area contributed by atoms with Gasteiger partial charge >= 0.3 is 0 Å². The van der Waals surface area contributed by atoms with E-state index in [-0.39, 0.29) is 18.0 Å². The first kappa shape index (κ1) is 26.1. The Balaban J connectivity index is 1.25. The van der Waals surface area contributed by atoms with Crippen LogP contribution >= 0.6 is 0 Å². The van der Waals surface area contributed by atoms with Crippen molar-refractivity contribution < 1.29 is 14.6 Å². The van der Waals surface area contributed by atoms with Crippen molar-refractivity contribution in [2.45, 2.75) is 89.8 Å². The summed E-state index contributed by atoms with van der Waals surface area (Å²) in [5.41, 5.74) is 6.27. The minimum Gasteiger partial charge on any atom is -0.507 e. The molecule has 6 nitrogen and oxygen atoms in total. The lowest BCUT2D eigenvalue weighted by Crippen LogP contribution is -2.56. The van der Waals surface area contributed by atoms with Gasteiger partial charge in [0.25, 0.3) is 0 Å². The molecule has 2 aromatic rings. The highest BCUT2D eigenvalue weighted by Gasteiger charge is 2.42. The van der Waals surface area contributed by atoms with Crippen molar-refractivity contribution >= 4 is 5.84 Å². The Bertz CT molecular complexity index is 1280. The third-order valence-corrected chi connectivity index (χ3v) is 8.83. The first-order valence-electron chi connectivity index (χ1n) is 14.8. The van der Waals surface area contributed by atoms with Crippen LogP contribution in [0.2, 0.25) is 0 Å². The number of allylic oxidation sites excluding steroid dienone is 1. The summed E-state index contributed by atoms with van der Waals surface area (Å²) in [6.07, 6.45) is 10.6. The SMILES string of the molecule is CCCCC(CC)COC1N=C(c2ccccc2O)NC(C2=CC3=C(CC2)C2c4ccccc4CCC2O3)N1. The molecular weight excluding hydrogens is 486 g/mol. The Morgan fingerprint density at radius 2 is 1.92 bits per heavy atom. The largest absolute Gasteiger partial charge is 0.507 e. The van der Waals surface area contributed by atoms with Crippen LogP contribution in [0.3, 0.4) is 0 Å². The zero-order chi connectivity index (χ0) is 26.8. The van der Waals surface area contributed by atoms with E-state index in [0.29, 0.717) is 29.8 Å². The van der Waals surface area contributed by atoms with Crippen molar-refractivity contribution in [3.8, 4) is 5.75 Å². The van der Waals surface area contributed by atoms with Gasteiger partial charge in [-0.25, -0.2) is 10.3 Å². The fourth-order valence-corrected chi connectivity index (χ4v) is 6.56. The van der Waals surface area contributed by atoms with Crippen molar-refractivity contribution in [3.05, 3.63) is 88.2 Å². The van der Waals surface area contributed by atoms with Gasteiger partial charge in [0, 0.05) is 5.92 Å². The average molecular weight is 528 g/mol. The molecule has 0 radical (unpaired) electrons. The molecule has 6 heteroatoms. The molecule has 0 spiro atoms. The maximum atomic E-state index is 10.6. The van der Waals surface area contributed by atoms with Crippen LogP contribution in [-0.4, -0.2) is 36.2 Å². The summed E-state index contributed by atoms with van der Waals surface area (Å²) < 4.78 is 12.9. The summed E-state index contributed by atoms with van der Waals surface area (Å²) in [5.74, 6) is 2.80.